The molecule has 0 atom stereocenters. The van der Waals surface area contributed by atoms with Crippen LogP contribution in [0.2, 0.25) is 0 Å². The van der Waals surface area contributed by atoms with Crippen LogP contribution >= 0.6 is 11.3 Å². The van der Waals surface area contributed by atoms with Gasteiger partial charge in [0.2, 0.25) is 5.91 Å². The number of ether oxygens (including phenoxy) is 3. The van der Waals surface area contributed by atoms with Gasteiger partial charge in [0.05, 0.1) is 25.7 Å². The van der Waals surface area contributed by atoms with E-state index < -0.39 is 0 Å². The van der Waals surface area contributed by atoms with Gasteiger partial charge in [-0.2, -0.15) is 0 Å². The normalized spacial score (nSPS) is 10.6. The lowest BCUT2D eigenvalue weighted by Gasteiger charge is -2.13. The lowest BCUT2D eigenvalue weighted by Crippen LogP contribution is -2.27. The molecule has 3 aromatic rings. The van der Waals surface area contributed by atoms with Crippen molar-refractivity contribution >= 4 is 17.2 Å². The molecular formula is C19H20N2O5S. The highest BCUT2D eigenvalue weighted by Crippen LogP contribution is 2.30. The highest BCUT2D eigenvalue weighted by Gasteiger charge is 2.11. The molecule has 0 saturated carbocycles. The zero-order valence-corrected chi connectivity index (χ0v) is 15.9. The molecule has 3 rings (SSSR count). The number of methoxy groups -OCH3 is 2. The van der Waals surface area contributed by atoms with E-state index in [9.17, 15) is 4.79 Å². The molecule has 0 aliphatic carbocycles. The molecule has 2 heterocycles. The van der Waals surface area contributed by atoms with Crippen LogP contribution in [0.15, 0.2) is 46.3 Å². The zero-order chi connectivity index (χ0) is 19.1. The van der Waals surface area contributed by atoms with Gasteiger partial charge in [-0.25, -0.2) is 0 Å². The Labute approximate surface area is 160 Å². The van der Waals surface area contributed by atoms with Crippen molar-refractivity contribution in [2.24, 2.45) is 0 Å². The summed E-state index contributed by atoms with van der Waals surface area (Å²) in [4.78, 5) is 13.0. The second-order valence-corrected chi connectivity index (χ2v) is 6.53. The highest BCUT2D eigenvalue weighted by molar-refractivity contribution is 7.13. The largest absolute Gasteiger partial charge is 0.493 e. The fourth-order valence-electron chi connectivity index (χ4n) is 2.50. The van der Waals surface area contributed by atoms with Crippen LogP contribution in [0.5, 0.6) is 11.5 Å². The average molecular weight is 388 g/mol. The van der Waals surface area contributed by atoms with E-state index in [1.165, 1.54) is 0 Å². The predicted molar refractivity (Wildman–Crippen MR) is 101 cm³/mol. The summed E-state index contributed by atoms with van der Waals surface area (Å²) in [7, 11) is 3.14. The number of amides is 1. The van der Waals surface area contributed by atoms with Crippen LogP contribution in [0.4, 0.5) is 0 Å². The van der Waals surface area contributed by atoms with Gasteiger partial charge in [0.1, 0.15) is 12.3 Å². The van der Waals surface area contributed by atoms with Gasteiger partial charge in [-0.05, 0) is 17.5 Å². The fourth-order valence-corrected chi connectivity index (χ4v) is 3.17. The van der Waals surface area contributed by atoms with Crippen LogP contribution in [-0.2, 0) is 22.7 Å². The van der Waals surface area contributed by atoms with E-state index in [0.29, 0.717) is 29.5 Å². The van der Waals surface area contributed by atoms with E-state index in [-0.39, 0.29) is 19.1 Å². The minimum absolute atomic E-state index is 0.0759. The summed E-state index contributed by atoms with van der Waals surface area (Å²) in [5.41, 5.74) is 1.46. The molecule has 0 radical (unpaired) electrons. The van der Waals surface area contributed by atoms with E-state index in [2.05, 4.69) is 10.5 Å². The van der Waals surface area contributed by atoms with Crippen molar-refractivity contribution in [3.05, 3.63) is 53.0 Å². The molecule has 0 unspecified atom stereocenters. The molecule has 0 saturated heterocycles. The minimum atomic E-state index is -0.234. The van der Waals surface area contributed by atoms with Crippen LogP contribution in [0, 0.1) is 0 Å². The third-order valence-corrected chi connectivity index (χ3v) is 4.65. The molecule has 0 spiro atoms. The zero-order valence-electron chi connectivity index (χ0n) is 15.1. The van der Waals surface area contributed by atoms with Crippen LogP contribution in [0.3, 0.4) is 0 Å². The summed E-state index contributed by atoms with van der Waals surface area (Å²) in [5.74, 6) is 1.68. The summed E-state index contributed by atoms with van der Waals surface area (Å²) >= 11 is 1.57. The van der Waals surface area contributed by atoms with Crippen LogP contribution in [0.1, 0.15) is 11.3 Å². The SMILES string of the molecule is COc1cccc(CNC(=O)COCc2cc(-c3cccs3)on2)c1OC. The summed E-state index contributed by atoms with van der Waals surface area (Å²) in [5, 5.41) is 8.71. The standard InChI is InChI=1S/C19H20N2O5S/c1-23-15-6-3-5-13(19(15)24-2)10-20-18(22)12-25-11-14-9-16(26-21-14)17-7-4-8-27-17/h3-9H,10-12H2,1-2H3,(H,20,22). The Morgan fingerprint density at radius 1 is 1.22 bits per heavy atom. The number of rotatable bonds is 9. The lowest BCUT2D eigenvalue weighted by atomic mass is 10.2. The summed E-state index contributed by atoms with van der Waals surface area (Å²) < 4.78 is 21.3. The van der Waals surface area contributed by atoms with Crippen LogP contribution in [-0.4, -0.2) is 31.9 Å². The number of aromatic nitrogens is 1. The van der Waals surface area contributed by atoms with Gasteiger partial charge in [-0.1, -0.05) is 23.4 Å². The first-order valence-electron chi connectivity index (χ1n) is 8.25. The highest BCUT2D eigenvalue weighted by atomic mass is 32.1. The smallest absolute Gasteiger partial charge is 0.246 e. The Balaban J connectivity index is 1.45. The number of carbonyl (C=O) groups is 1. The van der Waals surface area contributed by atoms with Crippen molar-refractivity contribution < 1.29 is 23.5 Å². The topological polar surface area (TPSA) is 82.8 Å². The molecule has 1 N–H and O–H groups in total. The van der Waals surface area contributed by atoms with E-state index in [1.54, 1.807) is 31.6 Å². The molecule has 27 heavy (non-hydrogen) atoms. The van der Waals surface area contributed by atoms with Gasteiger partial charge < -0.3 is 24.1 Å². The number of hydrogen-bond donors (Lipinski definition) is 1. The number of hydrogen-bond acceptors (Lipinski definition) is 7. The molecule has 0 fully saturated rings. The average Bonchev–Trinajstić information content (AvgIpc) is 3.37. The van der Waals surface area contributed by atoms with Gasteiger partial charge in [0.25, 0.3) is 0 Å². The Morgan fingerprint density at radius 2 is 2.11 bits per heavy atom. The Hall–Kier alpha value is -2.84. The number of nitrogens with zero attached hydrogens (tertiary/aromatic N) is 1. The maximum Gasteiger partial charge on any atom is 0.246 e. The first-order valence-corrected chi connectivity index (χ1v) is 9.13. The van der Waals surface area contributed by atoms with E-state index >= 15 is 0 Å². The lowest BCUT2D eigenvalue weighted by molar-refractivity contribution is -0.126. The van der Waals surface area contributed by atoms with Crippen LogP contribution in [0.25, 0.3) is 10.6 Å². The van der Waals surface area contributed by atoms with E-state index in [0.717, 1.165) is 10.4 Å². The molecule has 1 amide bonds. The number of benzene rings is 1. The first-order chi connectivity index (χ1) is 13.2. The second-order valence-electron chi connectivity index (χ2n) is 5.58. The Kier molecular flexibility index (Phi) is 6.45. The second kappa shape index (κ2) is 9.20. The number of carbonyl (C=O) groups excluding carboxylic acids is 1. The molecule has 7 nitrogen and oxygen atoms in total. The van der Waals surface area contributed by atoms with Gasteiger partial charge in [-0.15, -0.1) is 11.3 Å². The number of thiophene rings is 1. The van der Waals surface area contributed by atoms with Crippen LogP contribution < -0.4 is 14.8 Å². The Bertz CT molecular complexity index is 876. The van der Waals surface area contributed by atoms with Crippen molar-refractivity contribution in [2.45, 2.75) is 13.2 Å². The quantitative estimate of drug-likeness (QED) is 0.606. The van der Waals surface area contributed by atoms with Crippen molar-refractivity contribution in [3.8, 4) is 22.1 Å². The molecule has 2 aromatic heterocycles. The summed E-state index contributed by atoms with van der Waals surface area (Å²) in [6.45, 7) is 0.438. The molecule has 1 aromatic carbocycles. The van der Waals surface area contributed by atoms with Crippen molar-refractivity contribution in [1.29, 1.82) is 0 Å². The Morgan fingerprint density at radius 3 is 2.85 bits per heavy atom. The third-order valence-electron chi connectivity index (χ3n) is 3.77. The van der Waals surface area contributed by atoms with Crippen molar-refractivity contribution in [2.75, 3.05) is 20.8 Å². The van der Waals surface area contributed by atoms with E-state index in [1.807, 2.05) is 35.7 Å². The summed E-state index contributed by atoms with van der Waals surface area (Å²) in [6.07, 6.45) is 0. The molecule has 8 heteroatoms. The molecule has 0 aliphatic rings. The predicted octanol–water partition coefficient (Wildman–Crippen LogP) is 3.25. The number of nitrogens with one attached hydrogen (secondary N) is 1. The maximum absolute atomic E-state index is 12.0. The monoisotopic (exact) mass is 388 g/mol. The van der Waals surface area contributed by atoms with Gasteiger partial charge in [-0.3, -0.25) is 4.79 Å². The molecule has 0 bridgehead atoms. The molecule has 0 aliphatic heterocycles. The fraction of sp³-hybridized carbons (Fsp3) is 0.263. The maximum atomic E-state index is 12.0. The third kappa shape index (κ3) is 4.87. The van der Waals surface area contributed by atoms with E-state index in [4.69, 9.17) is 18.7 Å². The first kappa shape index (κ1) is 18.9. The van der Waals surface area contributed by atoms with Gasteiger partial charge >= 0.3 is 0 Å². The summed E-state index contributed by atoms with van der Waals surface area (Å²) in [6, 6.07) is 11.2. The van der Waals surface area contributed by atoms with Crippen molar-refractivity contribution in [3.63, 3.8) is 0 Å². The van der Waals surface area contributed by atoms with Gasteiger partial charge in [0.15, 0.2) is 17.3 Å². The van der Waals surface area contributed by atoms with Crippen molar-refractivity contribution in [1.82, 2.24) is 10.5 Å². The molecule has 142 valence electrons. The minimum Gasteiger partial charge on any atom is -0.493 e. The van der Waals surface area contributed by atoms with Gasteiger partial charge in [0, 0.05) is 18.2 Å². The number of para-hydroxylation sites is 1. The molecular weight excluding hydrogens is 368 g/mol.